The molecule has 2 heteroatoms. The predicted octanol–water partition coefficient (Wildman–Crippen LogP) is 3.77. The lowest BCUT2D eigenvalue weighted by atomic mass is 10.2. The highest BCUT2D eigenvalue weighted by Gasteiger charge is 1.94. The van der Waals surface area contributed by atoms with Gasteiger partial charge >= 0.3 is 0 Å². The van der Waals surface area contributed by atoms with E-state index < -0.39 is 0 Å². The maximum absolute atomic E-state index is 5.50. The first-order chi connectivity index (χ1) is 6.76. The van der Waals surface area contributed by atoms with Gasteiger partial charge in [0.1, 0.15) is 0 Å². The number of hydrogen-bond donors (Lipinski definition) is 0. The minimum atomic E-state index is 0.864. The van der Waals surface area contributed by atoms with Crippen LogP contribution in [0.3, 0.4) is 0 Å². The van der Waals surface area contributed by atoms with Gasteiger partial charge in [-0.3, -0.25) is 0 Å². The number of ether oxygens (including phenoxy) is 2. The Hall–Kier alpha value is -0.500. The van der Waals surface area contributed by atoms with Crippen LogP contribution in [0.4, 0.5) is 0 Å². The topological polar surface area (TPSA) is 18.5 Å². The van der Waals surface area contributed by atoms with Gasteiger partial charge < -0.3 is 9.47 Å². The molecule has 86 valence electrons. The minimum absolute atomic E-state index is 0.864. The summed E-state index contributed by atoms with van der Waals surface area (Å²) in [6.07, 6.45) is 6.76. The molecule has 0 amide bonds. The van der Waals surface area contributed by atoms with E-state index in [0.29, 0.717) is 0 Å². The fourth-order valence-electron chi connectivity index (χ4n) is 0.884. The molecule has 0 saturated carbocycles. The largest absolute Gasteiger partial charge is 0.498 e. The van der Waals surface area contributed by atoms with Crippen molar-refractivity contribution >= 4 is 0 Å². The monoisotopic (exact) mass is 202 g/mol. The lowest BCUT2D eigenvalue weighted by Crippen LogP contribution is -1.93. The first-order valence-electron chi connectivity index (χ1n) is 5.44. The Morgan fingerprint density at radius 1 is 1.14 bits per heavy atom. The van der Waals surface area contributed by atoms with Crippen LogP contribution in [0.1, 0.15) is 46.5 Å². The van der Waals surface area contributed by atoms with E-state index in [1.807, 2.05) is 6.92 Å². The number of unbranched alkanes of at least 4 members (excludes halogenated alkanes) is 1. The third-order valence-corrected chi connectivity index (χ3v) is 1.59. The van der Waals surface area contributed by atoms with E-state index in [1.165, 1.54) is 12.8 Å². The normalized spacial score (nSPS) is 10.5. The molecule has 0 atom stereocenters. The molecule has 0 radical (unpaired) electrons. The van der Waals surface area contributed by atoms with E-state index in [1.54, 1.807) is 14.2 Å². The summed E-state index contributed by atoms with van der Waals surface area (Å²) in [5.74, 6) is 1.16. The zero-order valence-corrected chi connectivity index (χ0v) is 10.4. The molecule has 0 heterocycles. The first kappa shape index (κ1) is 15.9. The van der Waals surface area contributed by atoms with E-state index in [2.05, 4.69) is 24.7 Å². The van der Waals surface area contributed by atoms with Crippen LogP contribution in [0.2, 0.25) is 0 Å². The number of allylic oxidation sites excluding steroid dienone is 2. The second-order valence-corrected chi connectivity index (χ2v) is 3.12. The van der Waals surface area contributed by atoms with Crippen molar-refractivity contribution in [2.75, 3.05) is 20.8 Å². The molecule has 14 heavy (non-hydrogen) atoms. The summed E-state index contributed by atoms with van der Waals surface area (Å²) < 4.78 is 9.75. The van der Waals surface area contributed by atoms with Crippen LogP contribution in [0.25, 0.3) is 0 Å². The Morgan fingerprint density at radius 2 is 1.71 bits per heavy atom. The van der Waals surface area contributed by atoms with Crippen molar-refractivity contribution in [3.63, 3.8) is 0 Å². The van der Waals surface area contributed by atoms with Gasteiger partial charge in [0.15, 0.2) is 0 Å². The molecule has 0 fully saturated rings. The Bertz CT molecular complexity index is 109. The maximum Gasteiger partial charge on any atom is 0.0917 e. The summed E-state index contributed by atoms with van der Waals surface area (Å²) >= 11 is 0. The van der Waals surface area contributed by atoms with Crippen LogP contribution < -0.4 is 0 Å². The fraction of sp³-hybridized carbons (Fsp3) is 0.833. The lowest BCUT2D eigenvalue weighted by molar-refractivity contribution is 0.200. The van der Waals surface area contributed by atoms with E-state index in [0.717, 1.165) is 25.2 Å². The Balaban J connectivity index is 0. The van der Waals surface area contributed by atoms with Crippen molar-refractivity contribution in [1.82, 2.24) is 0 Å². The van der Waals surface area contributed by atoms with Crippen molar-refractivity contribution in [3.05, 3.63) is 11.8 Å². The molecule has 0 aromatic heterocycles. The smallest absolute Gasteiger partial charge is 0.0917 e. The Labute approximate surface area is 89.3 Å². The average molecular weight is 202 g/mol. The van der Waals surface area contributed by atoms with Gasteiger partial charge in [0, 0.05) is 20.6 Å². The van der Waals surface area contributed by atoms with Crippen molar-refractivity contribution < 1.29 is 9.47 Å². The van der Waals surface area contributed by atoms with Gasteiger partial charge in [0.25, 0.3) is 0 Å². The van der Waals surface area contributed by atoms with Gasteiger partial charge in [0.05, 0.1) is 12.4 Å². The second kappa shape index (κ2) is 15.0. The van der Waals surface area contributed by atoms with Crippen molar-refractivity contribution in [1.29, 1.82) is 0 Å². The van der Waals surface area contributed by atoms with Gasteiger partial charge in [-0.1, -0.05) is 20.3 Å². The maximum atomic E-state index is 5.50. The number of rotatable bonds is 6. The highest BCUT2D eigenvalue weighted by molar-refractivity contribution is 4.89. The highest BCUT2D eigenvalue weighted by Crippen LogP contribution is 2.08. The molecular weight excluding hydrogens is 176 g/mol. The summed E-state index contributed by atoms with van der Waals surface area (Å²) in [4.78, 5) is 0. The zero-order valence-electron chi connectivity index (χ0n) is 10.4. The van der Waals surface area contributed by atoms with Gasteiger partial charge in [-0.15, -0.1) is 0 Å². The van der Waals surface area contributed by atoms with Crippen molar-refractivity contribution in [2.45, 2.75) is 46.5 Å². The fourth-order valence-corrected chi connectivity index (χ4v) is 0.884. The third-order valence-electron chi connectivity index (χ3n) is 1.59. The van der Waals surface area contributed by atoms with Gasteiger partial charge in [0.2, 0.25) is 0 Å². The molecule has 0 N–H and O–H groups in total. The lowest BCUT2D eigenvalue weighted by Gasteiger charge is -2.07. The summed E-state index contributed by atoms with van der Waals surface area (Å²) in [6, 6.07) is 0. The molecule has 0 aromatic carbocycles. The highest BCUT2D eigenvalue weighted by atomic mass is 16.5. The van der Waals surface area contributed by atoms with E-state index in [9.17, 15) is 0 Å². The average Bonchev–Trinajstić information content (AvgIpc) is 2.20. The molecule has 2 nitrogen and oxygen atoms in total. The minimum Gasteiger partial charge on any atom is -0.498 e. The Morgan fingerprint density at radius 3 is 2.07 bits per heavy atom. The van der Waals surface area contributed by atoms with Crippen molar-refractivity contribution in [3.8, 4) is 0 Å². The van der Waals surface area contributed by atoms with Crippen molar-refractivity contribution in [2.24, 2.45) is 0 Å². The van der Waals surface area contributed by atoms with Crippen LogP contribution in [-0.4, -0.2) is 20.8 Å². The molecule has 0 bridgehead atoms. The molecule has 0 spiro atoms. The standard InChI is InChI=1S/C10H20O.C2H6O/c1-4-7-8-10(6-3)11-9-5-2;1-3-2/h6H,4-5,7-9H2,1-3H3;1-2H3/b10-6+;. The summed E-state index contributed by atoms with van der Waals surface area (Å²) in [6.45, 7) is 7.24. The van der Waals surface area contributed by atoms with Crippen LogP contribution in [-0.2, 0) is 9.47 Å². The summed E-state index contributed by atoms with van der Waals surface area (Å²) in [5.41, 5.74) is 0. The van der Waals surface area contributed by atoms with E-state index in [4.69, 9.17) is 4.74 Å². The van der Waals surface area contributed by atoms with Crippen LogP contribution in [0, 0.1) is 0 Å². The quantitative estimate of drug-likeness (QED) is 0.610. The Kier molecular flexibility index (Phi) is 17.1. The molecular formula is C12H26O2. The van der Waals surface area contributed by atoms with Gasteiger partial charge in [-0.25, -0.2) is 0 Å². The molecule has 0 aromatic rings. The van der Waals surface area contributed by atoms with Crippen LogP contribution in [0.15, 0.2) is 11.8 Å². The SMILES string of the molecule is C/C=C(\CCCC)OCCC.COC. The molecule has 0 unspecified atom stereocenters. The zero-order chi connectivity index (χ0) is 11.2. The van der Waals surface area contributed by atoms with Gasteiger partial charge in [-0.2, -0.15) is 0 Å². The molecule has 0 aliphatic carbocycles. The van der Waals surface area contributed by atoms with Crippen LogP contribution in [0.5, 0.6) is 0 Å². The molecule has 0 aliphatic heterocycles. The van der Waals surface area contributed by atoms with Gasteiger partial charge in [-0.05, 0) is 25.8 Å². The van der Waals surface area contributed by atoms with E-state index in [-0.39, 0.29) is 0 Å². The first-order valence-corrected chi connectivity index (χ1v) is 5.44. The summed E-state index contributed by atoms with van der Waals surface area (Å²) in [5, 5.41) is 0. The predicted molar refractivity (Wildman–Crippen MR) is 62.5 cm³/mol. The van der Waals surface area contributed by atoms with E-state index >= 15 is 0 Å². The second-order valence-electron chi connectivity index (χ2n) is 3.12. The number of methoxy groups -OCH3 is 1. The third kappa shape index (κ3) is 14.0. The summed E-state index contributed by atoms with van der Waals surface area (Å²) in [7, 11) is 3.25. The van der Waals surface area contributed by atoms with Crippen LogP contribution >= 0.6 is 0 Å². The molecule has 0 aliphatic rings. The molecule has 0 rings (SSSR count). The molecule has 0 saturated heterocycles. The number of hydrogen-bond acceptors (Lipinski definition) is 2.